The normalized spacial score (nSPS) is 16.1. The van der Waals surface area contributed by atoms with Crippen molar-refractivity contribution in [3.63, 3.8) is 0 Å². The van der Waals surface area contributed by atoms with E-state index in [1.165, 1.54) is 16.4 Å². The van der Waals surface area contributed by atoms with Crippen LogP contribution in [-0.2, 0) is 14.8 Å². The average molecular weight is 388 g/mol. The molecule has 1 amide bonds. The minimum Gasteiger partial charge on any atom is -0.379 e. The molecule has 0 radical (unpaired) electrons. The number of nitrogens with one attached hydrogen (secondary N) is 1. The monoisotopic (exact) mass is 388 g/mol. The second kappa shape index (κ2) is 8.38. The molecule has 2 heterocycles. The standard InChI is InChI=1S/C18H20N4O4S/c1-14(16-5-3-7-19-13-16)20-21-18(23)15-4-2-6-17(12-15)27(24,25)22-8-10-26-11-9-22/h2-7,12-13H,8-11H2,1H3,(H,21,23)/b20-14-. The van der Waals surface area contributed by atoms with Crippen LogP contribution in [0.3, 0.4) is 0 Å². The van der Waals surface area contributed by atoms with Gasteiger partial charge in [-0.1, -0.05) is 12.1 Å². The van der Waals surface area contributed by atoms with Crippen LogP contribution in [0.2, 0.25) is 0 Å². The molecule has 0 bridgehead atoms. The van der Waals surface area contributed by atoms with E-state index in [1.54, 1.807) is 37.5 Å². The van der Waals surface area contributed by atoms with Crippen molar-refractivity contribution in [3.8, 4) is 0 Å². The molecule has 0 aliphatic carbocycles. The van der Waals surface area contributed by atoms with Crippen molar-refractivity contribution >= 4 is 21.6 Å². The van der Waals surface area contributed by atoms with E-state index in [-0.39, 0.29) is 10.5 Å². The van der Waals surface area contributed by atoms with Crippen molar-refractivity contribution in [1.29, 1.82) is 0 Å². The molecule has 1 aliphatic rings. The van der Waals surface area contributed by atoms with Gasteiger partial charge in [-0.2, -0.15) is 9.41 Å². The van der Waals surface area contributed by atoms with Crippen LogP contribution >= 0.6 is 0 Å². The number of pyridine rings is 1. The predicted molar refractivity (Wildman–Crippen MR) is 99.9 cm³/mol. The maximum atomic E-state index is 12.7. The lowest BCUT2D eigenvalue weighted by molar-refractivity contribution is 0.0730. The van der Waals surface area contributed by atoms with Gasteiger partial charge in [0.2, 0.25) is 10.0 Å². The number of rotatable bonds is 5. The van der Waals surface area contributed by atoms with Crippen molar-refractivity contribution in [1.82, 2.24) is 14.7 Å². The third-order valence-electron chi connectivity index (χ3n) is 4.11. The second-order valence-electron chi connectivity index (χ2n) is 5.92. The van der Waals surface area contributed by atoms with Gasteiger partial charge in [0.25, 0.3) is 5.91 Å². The number of benzene rings is 1. The molecule has 1 aliphatic heterocycles. The SMILES string of the molecule is C/C(=N/NC(=O)c1cccc(S(=O)(=O)N2CCOCC2)c1)c1cccnc1. The number of hydrogen-bond donors (Lipinski definition) is 1. The van der Waals surface area contributed by atoms with Gasteiger partial charge in [-0.3, -0.25) is 9.78 Å². The molecule has 142 valence electrons. The van der Waals surface area contributed by atoms with Gasteiger partial charge in [0.05, 0.1) is 23.8 Å². The molecule has 0 spiro atoms. The van der Waals surface area contributed by atoms with E-state index in [4.69, 9.17) is 4.74 Å². The Bertz CT molecular complexity index is 939. The number of ether oxygens (including phenoxy) is 1. The largest absolute Gasteiger partial charge is 0.379 e. The topological polar surface area (TPSA) is 101 Å². The Hall–Kier alpha value is -2.62. The van der Waals surface area contributed by atoms with E-state index in [9.17, 15) is 13.2 Å². The highest BCUT2D eigenvalue weighted by molar-refractivity contribution is 7.89. The summed E-state index contributed by atoms with van der Waals surface area (Å²) < 4.78 is 32.0. The van der Waals surface area contributed by atoms with Crippen LogP contribution in [0.15, 0.2) is 58.8 Å². The molecule has 0 saturated carbocycles. The zero-order valence-electron chi connectivity index (χ0n) is 14.8. The summed E-state index contributed by atoms with van der Waals surface area (Å²) >= 11 is 0. The third-order valence-corrected chi connectivity index (χ3v) is 6.00. The smallest absolute Gasteiger partial charge is 0.271 e. The fourth-order valence-electron chi connectivity index (χ4n) is 2.57. The molecule has 1 fully saturated rings. The number of aromatic nitrogens is 1. The Balaban J connectivity index is 1.76. The van der Waals surface area contributed by atoms with Gasteiger partial charge >= 0.3 is 0 Å². The van der Waals surface area contributed by atoms with Crippen LogP contribution in [0.5, 0.6) is 0 Å². The molecule has 27 heavy (non-hydrogen) atoms. The average Bonchev–Trinajstić information content (AvgIpc) is 2.73. The van der Waals surface area contributed by atoms with Crippen LogP contribution in [0.1, 0.15) is 22.8 Å². The number of sulfonamides is 1. The number of hydrazone groups is 1. The second-order valence-corrected chi connectivity index (χ2v) is 7.86. The Labute approximate surface area is 157 Å². The van der Waals surface area contributed by atoms with Gasteiger partial charge in [0.1, 0.15) is 0 Å². The van der Waals surface area contributed by atoms with E-state index < -0.39 is 15.9 Å². The molecule has 1 aromatic heterocycles. The molecule has 1 saturated heterocycles. The fraction of sp³-hybridized carbons (Fsp3) is 0.278. The summed E-state index contributed by atoms with van der Waals surface area (Å²) in [5, 5.41) is 4.05. The van der Waals surface area contributed by atoms with E-state index in [2.05, 4.69) is 15.5 Å². The van der Waals surface area contributed by atoms with Crippen LogP contribution in [0.25, 0.3) is 0 Å². The first kappa shape index (κ1) is 19.2. The maximum Gasteiger partial charge on any atom is 0.271 e. The number of amides is 1. The summed E-state index contributed by atoms with van der Waals surface area (Å²) in [7, 11) is -3.66. The highest BCUT2D eigenvalue weighted by atomic mass is 32.2. The lowest BCUT2D eigenvalue weighted by Gasteiger charge is -2.26. The van der Waals surface area contributed by atoms with Crippen molar-refractivity contribution in [3.05, 3.63) is 59.9 Å². The highest BCUT2D eigenvalue weighted by Crippen LogP contribution is 2.18. The van der Waals surface area contributed by atoms with Gasteiger partial charge in [0, 0.05) is 36.6 Å². The van der Waals surface area contributed by atoms with E-state index >= 15 is 0 Å². The van der Waals surface area contributed by atoms with Crippen molar-refractivity contribution in [2.24, 2.45) is 5.10 Å². The first-order valence-electron chi connectivity index (χ1n) is 8.41. The van der Waals surface area contributed by atoms with Crippen molar-refractivity contribution < 1.29 is 17.9 Å². The number of hydrogen-bond acceptors (Lipinski definition) is 6. The van der Waals surface area contributed by atoms with Gasteiger partial charge in [0.15, 0.2) is 0 Å². The van der Waals surface area contributed by atoms with E-state index in [0.717, 1.165) is 5.56 Å². The fourth-order valence-corrected chi connectivity index (χ4v) is 4.03. The number of carbonyl (C=O) groups is 1. The van der Waals surface area contributed by atoms with Crippen molar-refractivity contribution in [2.45, 2.75) is 11.8 Å². The third kappa shape index (κ3) is 4.57. The Kier molecular flexibility index (Phi) is 5.94. The Morgan fingerprint density at radius 3 is 2.63 bits per heavy atom. The summed E-state index contributed by atoms with van der Waals surface area (Å²) in [5.41, 5.74) is 4.03. The summed E-state index contributed by atoms with van der Waals surface area (Å²) in [6.07, 6.45) is 3.29. The molecular formula is C18H20N4O4S. The lowest BCUT2D eigenvalue weighted by atomic mass is 10.2. The first-order chi connectivity index (χ1) is 13.0. The predicted octanol–water partition coefficient (Wildman–Crippen LogP) is 1.26. The van der Waals surface area contributed by atoms with Crippen LogP contribution in [0.4, 0.5) is 0 Å². The minimum absolute atomic E-state index is 0.0741. The van der Waals surface area contributed by atoms with Crippen LogP contribution in [-0.4, -0.2) is 55.6 Å². The molecule has 8 nitrogen and oxygen atoms in total. The molecule has 9 heteroatoms. The molecular weight excluding hydrogens is 368 g/mol. The summed E-state index contributed by atoms with van der Waals surface area (Å²) in [6, 6.07) is 9.52. The number of nitrogens with zero attached hydrogens (tertiary/aromatic N) is 3. The Morgan fingerprint density at radius 1 is 1.19 bits per heavy atom. The molecule has 0 atom stereocenters. The Morgan fingerprint density at radius 2 is 1.93 bits per heavy atom. The summed E-state index contributed by atoms with van der Waals surface area (Å²) in [6.45, 7) is 3.07. The molecule has 2 aromatic rings. The summed E-state index contributed by atoms with van der Waals surface area (Å²) in [5.74, 6) is -0.489. The first-order valence-corrected chi connectivity index (χ1v) is 9.85. The maximum absolute atomic E-state index is 12.7. The summed E-state index contributed by atoms with van der Waals surface area (Å²) in [4.78, 5) is 16.4. The zero-order valence-corrected chi connectivity index (χ0v) is 15.6. The highest BCUT2D eigenvalue weighted by Gasteiger charge is 2.26. The quantitative estimate of drug-likeness (QED) is 0.614. The van der Waals surface area contributed by atoms with E-state index in [0.29, 0.717) is 32.0 Å². The van der Waals surface area contributed by atoms with Crippen LogP contribution < -0.4 is 5.43 Å². The molecule has 1 aromatic carbocycles. The number of carbonyl (C=O) groups excluding carboxylic acids is 1. The molecule has 1 N–H and O–H groups in total. The van der Waals surface area contributed by atoms with E-state index in [1.807, 2.05) is 6.07 Å². The molecule has 3 rings (SSSR count). The zero-order chi connectivity index (χ0) is 19.3. The van der Waals surface area contributed by atoms with Crippen molar-refractivity contribution in [2.75, 3.05) is 26.3 Å². The van der Waals surface area contributed by atoms with Gasteiger partial charge < -0.3 is 4.74 Å². The van der Waals surface area contributed by atoms with Gasteiger partial charge in [-0.15, -0.1) is 0 Å². The lowest BCUT2D eigenvalue weighted by Crippen LogP contribution is -2.40. The van der Waals surface area contributed by atoms with Gasteiger partial charge in [-0.05, 0) is 31.2 Å². The molecule has 0 unspecified atom stereocenters. The number of morpholine rings is 1. The van der Waals surface area contributed by atoms with Crippen LogP contribution in [0, 0.1) is 0 Å². The minimum atomic E-state index is -3.66. The van der Waals surface area contributed by atoms with Gasteiger partial charge in [-0.25, -0.2) is 13.8 Å².